The zero-order chi connectivity index (χ0) is 8.00. The number of hydrogen-bond acceptors (Lipinski definition) is 0. The van der Waals surface area contributed by atoms with Gasteiger partial charge in [0, 0.05) is 0 Å². The van der Waals surface area contributed by atoms with Crippen LogP contribution in [0, 0.1) is 27.7 Å². The molecule has 56 valence electrons. The van der Waals surface area contributed by atoms with Crippen molar-refractivity contribution in [2.45, 2.75) is 27.7 Å². The Morgan fingerprint density at radius 1 is 0.400 bits per heavy atom. The molecule has 0 spiro atoms. The summed E-state index contributed by atoms with van der Waals surface area (Å²) < 4.78 is 0. The van der Waals surface area contributed by atoms with Crippen LogP contribution in [-0.4, -0.2) is 0 Å². The third-order valence-electron chi connectivity index (χ3n) is 0. The summed E-state index contributed by atoms with van der Waals surface area (Å²) in [6.45, 7) is 20.0. The van der Waals surface area contributed by atoms with Gasteiger partial charge in [0.05, 0.1) is 0 Å². The van der Waals surface area contributed by atoms with E-state index in [2.05, 4.69) is 27.7 Å². The van der Waals surface area contributed by atoms with Gasteiger partial charge in [0.2, 0.25) is 0 Å². The summed E-state index contributed by atoms with van der Waals surface area (Å²) in [6, 6.07) is 0. The average Bonchev–Trinajstić information content (AvgIpc) is 2.03. The Labute approximate surface area is 94.1 Å². The first-order valence-electron chi connectivity index (χ1n) is 2.83. The van der Waals surface area contributed by atoms with Crippen molar-refractivity contribution in [2.24, 2.45) is 0 Å². The molecule has 2 heteroatoms. The molecule has 0 rings (SSSR count). The molecule has 0 heterocycles. The molecule has 0 aliphatic rings. The van der Waals surface area contributed by atoms with Crippen LogP contribution < -0.4 is 0 Å². The van der Waals surface area contributed by atoms with Gasteiger partial charge in [-0.2, -0.15) is 27.7 Å². The van der Waals surface area contributed by atoms with Crippen LogP contribution in [0.3, 0.4) is 0 Å². The summed E-state index contributed by atoms with van der Waals surface area (Å²) >= 11 is 0. The molecular formula is C8H20Zn2. The summed E-state index contributed by atoms with van der Waals surface area (Å²) in [6.07, 6.45) is 0. The molecule has 0 nitrogen and oxygen atoms in total. The van der Waals surface area contributed by atoms with E-state index < -0.39 is 0 Å². The van der Waals surface area contributed by atoms with Crippen molar-refractivity contribution >= 4 is 0 Å². The molecule has 0 aliphatic heterocycles. The van der Waals surface area contributed by atoms with E-state index in [4.69, 9.17) is 0 Å². The Morgan fingerprint density at radius 3 is 0.400 bits per heavy atom. The van der Waals surface area contributed by atoms with E-state index in [9.17, 15) is 0 Å². The van der Waals surface area contributed by atoms with Crippen molar-refractivity contribution in [3.05, 3.63) is 27.7 Å². The SMILES string of the molecule is [CH2-]C.[CH2-]C.[CH2-]C.[CH2-]C.[Zn+2].[Zn+2]. The van der Waals surface area contributed by atoms with E-state index in [0.29, 0.717) is 0 Å². The summed E-state index contributed by atoms with van der Waals surface area (Å²) in [7, 11) is 0. The molecule has 0 fully saturated rings. The molecule has 0 saturated heterocycles. The zero-order valence-corrected chi connectivity index (χ0v) is 14.2. The molecule has 0 atom stereocenters. The Kier molecular flexibility index (Phi) is 2420. The van der Waals surface area contributed by atoms with Crippen molar-refractivity contribution in [1.29, 1.82) is 0 Å². The Morgan fingerprint density at radius 2 is 0.400 bits per heavy atom. The quantitative estimate of drug-likeness (QED) is 0.454. The van der Waals surface area contributed by atoms with Gasteiger partial charge in [-0.15, -0.1) is 0 Å². The molecule has 0 unspecified atom stereocenters. The third-order valence-corrected chi connectivity index (χ3v) is 0. The molecule has 0 N–H and O–H groups in total. The van der Waals surface area contributed by atoms with Crippen molar-refractivity contribution < 1.29 is 39.0 Å². The first-order chi connectivity index (χ1) is 4.00. The average molecular weight is 247 g/mol. The summed E-state index contributed by atoms with van der Waals surface area (Å²) in [5.41, 5.74) is 0. The fraction of sp³-hybridized carbons (Fsp3) is 0.500. The summed E-state index contributed by atoms with van der Waals surface area (Å²) in [5.74, 6) is 0. The van der Waals surface area contributed by atoms with Crippen LogP contribution in [0.4, 0.5) is 0 Å². The van der Waals surface area contributed by atoms with Crippen LogP contribution >= 0.6 is 0 Å². The summed E-state index contributed by atoms with van der Waals surface area (Å²) in [5, 5.41) is 0. The maximum Gasteiger partial charge on any atom is 2.00 e. The fourth-order valence-electron chi connectivity index (χ4n) is 0. The Balaban J connectivity index is -0.00000000500. The van der Waals surface area contributed by atoms with Gasteiger partial charge >= 0.3 is 39.0 Å². The van der Waals surface area contributed by atoms with Gasteiger partial charge in [0.25, 0.3) is 0 Å². The number of rotatable bonds is 0. The van der Waals surface area contributed by atoms with E-state index in [1.54, 1.807) is 27.7 Å². The van der Waals surface area contributed by atoms with E-state index in [0.717, 1.165) is 0 Å². The second-order valence-corrected chi connectivity index (χ2v) is 0. The minimum absolute atomic E-state index is 0. The van der Waals surface area contributed by atoms with E-state index in [-0.39, 0.29) is 39.0 Å². The molecule has 0 radical (unpaired) electrons. The number of hydrogen-bond donors (Lipinski definition) is 0. The first kappa shape index (κ1) is 42.9. The molecule has 0 bridgehead atoms. The summed E-state index contributed by atoms with van der Waals surface area (Å²) in [4.78, 5) is 0. The van der Waals surface area contributed by atoms with Gasteiger partial charge in [-0.05, 0) is 0 Å². The van der Waals surface area contributed by atoms with Crippen LogP contribution in [0.25, 0.3) is 0 Å². The molecule has 0 saturated carbocycles. The normalized spacial score (nSPS) is 2.40. The molecular weight excluding hydrogens is 227 g/mol. The standard InChI is InChI=1S/4C2H5.2Zn/c4*1-2;;/h4*1H2,2H3;;/q4*-1;2*+2. The van der Waals surface area contributed by atoms with Crippen molar-refractivity contribution in [1.82, 2.24) is 0 Å². The maximum atomic E-state index is 3.25. The van der Waals surface area contributed by atoms with E-state index >= 15 is 0 Å². The van der Waals surface area contributed by atoms with Gasteiger partial charge in [-0.25, -0.2) is 0 Å². The van der Waals surface area contributed by atoms with Crippen LogP contribution in [0.15, 0.2) is 0 Å². The van der Waals surface area contributed by atoms with Crippen LogP contribution in [0.2, 0.25) is 0 Å². The van der Waals surface area contributed by atoms with Gasteiger partial charge in [0.1, 0.15) is 0 Å². The van der Waals surface area contributed by atoms with Crippen molar-refractivity contribution in [2.75, 3.05) is 0 Å². The molecule has 0 aromatic heterocycles. The fourth-order valence-corrected chi connectivity index (χ4v) is 0. The van der Waals surface area contributed by atoms with Gasteiger partial charge in [0.15, 0.2) is 0 Å². The molecule has 0 aliphatic carbocycles. The molecule has 10 heavy (non-hydrogen) atoms. The first-order valence-corrected chi connectivity index (χ1v) is 2.83. The van der Waals surface area contributed by atoms with Crippen molar-refractivity contribution in [3.8, 4) is 0 Å². The van der Waals surface area contributed by atoms with E-state index in [1.165, 1.54) is 0 Å². The van der Waals surface area contributed by atoms with E-state index in [1.807, 2.05) is 0 Å². The minimum Gasteiger partial charge on any atom is -0.346 e. The largest absolute Gasteiger partial charge is 2.00 e. The van der Waals surface area contributed by atoms with Gasteiger partial charge < -0.3 is 27.7 Å². The Bertz CT molecular complexity index is 7.22. The smallest absolute Gasteiger partial charge is 0.346 e. The minimum atomic E-state index is 0. The van der Waals surface area contributed by atoms with Gasteiger partial charge in [-0.1, -0.05) is 0 Å². The van der Waals surface area contributed by atoms with Gasteiger partial charge in [-0.3, -0.25) is 0 Å². The molecule has 0 aromatic carbocycles. The van der Waals surface area contributed by atoms with Crippen LogP contribution in [0.1, 0.15) is 27.7 Å². The topological polar surface area (TPSA) is 0 Å². The van der Waals surface area contributed by atoms with Crippen LogP contribution in [-0.2, 0) is 39.0 Å². The molecule has 0 amide bonds. The van der Waals surface area contributed by atoms with Crippen molar-refractivity contribution in [3.63, 3.8) is 0 Å². The molecule has 0 aromatic rings. The maximum absolute atomic E-state index is 3.25. The van der Waals surface area contributed by atoms with Crippen LogP contribution in [0.5, 0.6) is 0 Å². The second-order valence-electron chi connectivity index (χ2n) is 0. The Hall–Kier alpha value is 1.25. The predicted molar refractivity (Wildman–Crippen MR) is 44.1 cm³/mol. The zero-order valence-electron chi connectivity index (χ0n) is 8.24. The third kappa shape index (κ3) is 405. The second kappa shape index (κ2) is 564. The monoisotopic (exact) mass is 244 g/mol. The predicted octanol–water partition coefficient (Wildman–Crippen LogP) is 3.36.